The van der Waals surface area contributed by atoms with Crippen LogP contribution in [0, 0.1) is 5.92 Å². The second-order valence-electron chi connectivity index (χ2n) is 4.64. The Labute approximate surface area is 137 Å². The summed E-state index contributed by atoms with van der Waals surface area (Å²) in [5.74, 6) is -0.0397. The zero-order chi connectivity index (χ0) is 16.5. The zero-order valence-corrected chi connectivity index (χ0v) is 15.4. The normalized spacial score (nSPS) is 16.0. The van der Waals surface area contributed by atoms with Crippen molar-refractivity contribution in [2.45, 2.75) is 26.8 Å². The van der Waals surface area contributed by atoms with E-state index in [9.17, 15) is 9.36 Å². The number of hydrogen-bond acceptors (Lipinski definition) is 4. The predicted octanol–water partition coefficient (Wildman–Crippen LogP) is 2.70. The molecule has 6 nitrogen and oxygen atoms in total. The lowest BCUT2D eigenvalue weighted by Gasteiger charge is -2.33. The van der Waals surface area contributed by atoms with Gasteiger partial charge in [-0.15, -0.1) is 23.2 Å². The quantitative estimate of drug-likeness (QED) is 0.346. The molecule has 2 atom stereocenters. The maximum Gasteiger partial charge on any atom is 0.344 e. The highest BCUT2D eigenvalue weighted by Gasteiger charge is 2.37. The van der Waals surface area contributed by atoms with E-state index in [1.165, 1.54) is 7.11 Å². The number of carbonyl (C=O) groups excluding carboxylic acids is 1. The highest BCUT2D eigenvalue weighted by molar-refractivity contribution is 7.54. The number of alkyl halides is 2. The molecular weight excluding hydrogens is 338 g/mol. The van der Waals surface area contributed by atoms with Crippen LogP contribution in [-0.2, 0) is 18.6 Å². The van der Waals surface area contributed by atoms with Crippen LogP contribution in [0.25, 0.3) is 0 Å². The molecule has 21 heavy (non-hydrogen) atoms. The summed E-state index contributed by atoms with van der Waals surface area (Å²) in [5.41, 5.74) is 0. The van der Waals surface area contributed by atoms with Gasteiger partial charge in [0.15, 0.2) is 0 Å². The number of nitrogens with one attached hydrogen (secondary N) is 1. The summed E-state index contributed by atoms with van der Waals surface area (Å²) in [7, 11) is -2.13. The predicted molar refractivity (Wildman–Crippen MR) is 86.0 cm³/mol. The molecule has 0 amide bonds. The Hall–Kier alpha value is 0.160. The van der Waals surface area contributed by atoms with E-state index in [0.29, 0.717) is 13.1 Å². The van der Waals surface area contributed by atoms with Crippen LogP contribution in [0.1, 0.15) is 20.8 Å². The second kappa shape index (κ2) is 10.8. The fourth-order valence-corrected chi connectivity index (χ4v) is 4.60. The summed E-state index contributed by atoms with van der Waals surface area (Å²) in [6.45, 7) is 6.31. The van der Waals surface area contributed by atoms with Crippen LogP contribution in [-0.4, -0.2) is 55.2 Å². The standard InChI is InChI=1S/C12H25Cl2N2O4P/c1-5-20-21(18,16(8-6-13)9-7-14)15-11(10(2)3)12(17)19-4/h10-11H,5-9H2,1-4H3,(H,15,18). The van der Waals surface area contributed by atoms with Crippen molar-refractivity contribution in [3.63, 3.8) is 0 Å². The number of halogens is 2. The monoisotopic (exact) mass is 362 g/mol. The van der Waals surface area contributed by atoms with Gasteiger partial charge < -0.3 is 9.26 Å². The lowest BCUT2D eigenvalue weighted by Crippen LogP contribution is -2.44. The van der Waals surface area contributed by atoms with E-state index in [1.807, 2.05) is 13.8 Å². The first-order chi connectivity index (χ1) is 9.86. The van der Waals surface area contributed by atoms with Crippen molar-refractivity contribution in [1.82, 2.24) is 9.76 Å². The Bertz CT molecular complexity index is 352. The first-order valence-corrected chi connectivity index (χ1v) is 9.48. The van der Waals surface area contributed by atoms with Gasteiger partial charge in [-0.05, 0) is 12.8 Å². The Morgan fingerprint density at radius 3 is 2.14 bits per heavy atom. The molecule has 0 aromatic rings. The minimum atomic E-state index is -3.43. The highest BCUT2D eigenvalue weighted by Crippen LogP contribution is 2.47. The molecule has 0 bridgehead atoms. The van der Waals surface area contributed by atoms with Gasteiger partial charge in [0.1, 0.15) is 6.04 Å². The van der Waals surface area contributed by atoms with Crippen LogP contribution in [0.15, 0.2) is 0 Å². The molecule has 0 aromatic heterocycles. The molecule has 0 aliphatic carbocycles. The van der Waals surface area contributed by atoms with E-state index < -0.39 is 19.7 Å². The minimum Gasteiger partial charge on any atom is -0.468 e. The molecule has 0 heterocycles. The van der Waals surface area contributed by atoms with Gasteiger partial charge in [-0.3, -0.25) is 9.36 Å². The average molecular weight is 363 g/mol. The number of carbonyl (C=O) groups is 1. The molecule has 0 aromatic carbocycles. The van der Waals surface area contributed by atoms with Crippen molar-refractivity contribution in [1.29, 1.82) is 0 Å². The van der Waals surface area contributed by atoms with Crippen LogP contribution >= 0.6 is 30.9 Å². The summed E-state index contributed by atoms with van der Waals surface area (Å²) in [4.78, 5) is 11.8. The van der Waals surface area contributed by atoms with E-state index >= 15 is 0 Å². The van der Waals surface area contributed by atoms with Crippen LogP contribution in [0.3, 0.4) is 0 Å². The fraction of sp³-hybridized carbons (Fsp3) is 0.917. The molecular formula is C12H25Cl2N2O4P. The smallest absolute Gasteiger partial charge is 0.344 e. The molecule has 0 saturated carbocycles. The number of esters is 1. The van der Waals surface area contributed by atoms with Crippen LogP contribution in [0.4, 0.5) is 0 Å². The number of nitrogens with zero attached hydrogens (tertiary/aromatic N) is 1. The first-order valence-electron chi connectivity index (χ1n) is 6.83. The number of methoxy groups -OCH3 is 1. The molecule has 0 fully saturated rings. The topological polar surface area (TPSA) is 67.9 Å². The van der Waals surface area contributed by atoms with Crippen molar-refractivity contribution in [2.24, 2.45) is 5.92 Å². The number of hydrogen-bond donors (Lipinski definition) is 1. The van der Waals surface area contributed by atoms with Gasteiger partial charge >= 0.3 is 13.6 Å². The van der Waals surface area contributed by atoms with Crippen molar-refractivity contribution in [3.8, 4) is 0 Å². The zero-order valence-electron chi connectivity index (χ0n) is 13.0. The van der Waals surface area contributed by atoms with Crippen LogP contribution in [0.5, 0.6) is 0 Å². The average Bonchev–Trinajstić information content (AvgIpc) is 2.43. The third-order valence-electron chi connectivity index (χ3n) is 2.79. The summed E-state index contributed by atoms with van der Waals surface area (Å²) in [5, 5.41) is 2.82. The Balaban J connectivity index is 5.30. The van der Waals surface area contributed by atoms with Gasteiger partial charge in [-0.2, -0.15) is 0 Å². The maximum atomic E-state index is 13.1. The van der Waals surface area contributed by atoms with Crippen LogP contribution < -0.4 is 5.09 Å². The van der Waals surface area contributed by atoms with E-state index in [-0.39, 0.29) is 24.3 Å². The molecule has 0 aliphatic rings. The largest absolute Gasteiger partial charge is 0.468 e. The summed E-state index contributed by atoms with van der Waals surface area (Å²) < 4.78 is 24.8. The lowest BCUT2D eigenvalue weighted by atomic mass is 10.1. The minimum absolute atomic E-state index is 0.111. The molecule has 0 spiro atoms. The fourth-order valence-electron chi connectivity index (χ4n) is 1.72. The molecule has 9 heteroatoms. The number of rotatable bonds is 11. The van der Waals surface area contributed by atoms with Crippen molar-refractivity contribution < 1.29 is 18.6 Å². The summed E-state index contributed by atoms with van der Waals surface area (Å²) in [6.07, 6.45) is 0. The van der Waals surface area contributed by atoms with Crippen molar-refractivity contribution in [3.05, 3.63) is 0 Å². The molecule has 1 N–H and O–H groups in total. The molecule has 0 saturated heterocycles. The molecule has 0 radical (unpaired) electrons. The van der Waals surface area contributed by atoms with E-state index in [1.54, 1.807) is 11.6 Å². The summed E-state index contributed by atoms with van der Waals surface area (Å²) in [6, 6.07) is -0.736. The Morgan fingerprint density at radius 2 is 1.81 bits per heavy atom. The van der Waals surface area contributed by atoms with Gasteiger partial charge in [0.05, 0.1) is 13.7 Å². The first kappa shape index (κ1) is 21.2. The van der Waals surface area contributed by atoms with Gasteiger partial charge in [0, 0.05) is 24.8 Å². The summed E-state index contributed by atoms with van der Waals surface area (Å²) >= 11 is 11.5. The number of ether oxygens (including phenoxy) is 1. The van der Waals surface area contributed by atoms with Gasteiger partial charge in [0.2, 0.25) is 0 Å². The molecule has 0 rings (SSSR count). The lowest BCUT2D eigenvalue weighted by molar-refractivity contribution is -0.143. The third-order valence-corrected chi connectivity index (χ3v) is 5.48. The van der Waals surface area contributed by atoms with Gasteiger partial charge in [-0.25, -0.2) is 9.76 Å². The van der Waals surface area contributed by atoms with Gasteiger partial charge in [-0.1, -0.05) is 13.8 Å². The third kappa shape index (κ3) is 6.85. The van der Waals surface area contributed by atoms with E-state index in [2.05, 4.69) is 5.09 Å². The SMILES string of the molecule is CCOP(=O)(NC(C(=O)OC)C(C)C)N(CCCl)CCCl. The highest BCUT2D eigenvalue weighted by atomic mass is 35.5. The van der Waals surface area contributed by atoms with Gasteiger partial charge in [0.25, 0.3) is 0 Å². The molecule has 2 unspecified atom stereocenters. The van der Waals surface area contributed by atoms with E-state index in [0.717, 1.165) is 0 Å². The van der Waals surface area contributed by atoms with E-state index in [4.69, 9.17) is 32.5 Å². The maximum absolute atomic E-state index is 13.1. The van der Waals surface area contributed by atoms with Crippen molar-refractivity contribution in [2.75, 3.05) is 38.6 Å². The van der Waals surface area contributed by atoms with Crippen molar-refractivity contribution >= 4 is 36.8 Å². The Morgan fingerprint density at radius 1 is 1.29 bits per heavy atom. The second-order valence-corrected chi connectivity index (χ2v) is 7.52. The van der Waals surface area contributed by atoms with Crippen LogP contribution in [0.2, 0.25) is 0 Å². The molecule has 0 aliphatic heterocycles. The molecule has 126 valence electrons. The Kier molecular flexibility index (Phi) is 10.9.